The van der Waals surface area contributed by atoms with Crippen molar-refractivity contribution in [2.45, 2.75) is 41.0 Å². The number of anilines is 1. The fourth-order valence-corrected chi connectivity index (χ4v) is 4.90. The third-order valence-electron chi connectivity index (χ3n) is 4.87. The van der Waals surface area contributed by atoms with Gasteiger partial charge in [0.15, 0.2) is 5.78 Å². The Morgan fingerprint density at radius 3 is 2.15 bits per heavy atom. The van der Waals surface area contributed by atoms with E-state index in [1.165, 1.54) is 11.3 Å². The molecule has 0 saturated carbocycles. The van der Waals surface area contributed by atoms with Crippen LogP contribution in [0.15, 0.2) is 35.9 Å². The zero-order valence-corrected chi connectivity index (χ0v) is 23.1. The summed E-state index contributed by atoms with van der Waals surface area (Å²) in [7, 11) is 0. The molecule has 0 aliphatic rings. The molecule has 0 radical (unpaired) electrons. The van der Waals surface area contributed by atoms with E-state index >= 15 is 0 Å². The quantitative estimate of drug-likeness (QED) is 0.226. The lowest BCUT2D eigenvalue weighted by Crippen LogP contribution is -2.38. The van der Waals surface area contributed by atoms with Crippen molar-refractivity contribution in [2.75, 3.05) is 18.4 Å². The fourth-order valence-electron chi connectivity index (χ4n) is 3.35. The van der Waals surface area contributed by atoms with Crippen LogP contribution in [0.1, 0.15) is 45.9 Å². The molecule has 2 N–H and O–H groups in total. The number of nitrogens with zero attached hydrogens (tertiary/aromatic N) is 1. The van der Waals surface area contributed by atoms with Crippen LogP contribution in [0, 0.1) is 17.2 Å². The molecule has 0 unspecified atom stereocenters. The van der Waals surface area contributed by atoms with Crippen LogP contribution in [0.5, 0.6) is 0 Å². The van der Waals surface area contributed by atoms with E-state index in [-0.39, 0.29) is 29.9 Å². The first-order valence-corrected chi connectivity index (χ1v) is 12.9. The first kappa shape index (κ1) is 28.4. The lowest BCUT2D eigenvalue weighted by molar-refractivity contribution is -0.134. The lowest BCUT2D eigenvalue weighted by atomic mass is 10.0. The minimum Gasteiger partial charge on any atom is -0.353 e. The first-order chi connectivity index (χ1) is 15.9. The second-order valence-corrected chi connectivity index (χ2v) is 11.5. The minimum atomic E-state index is -0.538. The molecule has 1 amide bonds. The van der Waals surface area contributed by atoms with E-state index in [1.807, 2.05) is 27.7 Å². The average molecular weight is 543 g/mol. The number of ketones is 1. The van der Waals surface area contributed by atoms with Crippen LogP contribution in [-0.4, -0.2) is 35.4 Å². The maximum Gasteiger partial charge on any atom is 0.230 e. The Hall–Kier alpha value is -1.86. The number of hydrogen-bond acceptors (Lipinski definition) is 5. The predicted molar refractivity (Wildman–Crippen MR) is 146 cm³/mol. The van der Waals surface area contributed by atoms with Gasteiger partial charge in [0.25, 0.3) is 0 Å². The third kappa shape index (κ3) is 8.12. The van der Waals surface area contributed by atoms with E-state index in [1.54, 1.807) is 42.2 Å². The number of Topliss-reactive ketones (excluding diaryl/α,β-unsaturated/α-hetero) is 1. The van der Waals surface area contributed by atoms with Gasteiger partial charge in [-0.3, -0.25) is 15.0 Å². The highest BCUT2D eigenvalue weighted by atomic mass is 35.5. The van der Waals surface area contributed by atoms with Crippen LogP contribution < -0.4 is 5.32 Å². The predicted octanol–water partition coefficient (Wildman–Crippen LogP) is 7.67. The van der Waals surface area contributed by atoms with Crippen molar-refractivity contribution < 1.29 is 9.59 Å². The maximum atomic E-state index is 13.0. The van der Waals surface area contributed by atoms with Gasteiger partial charge in [0.2, 0.25) is 5.91 Å². The van der Waals surface area contributed by atoms with Gasteiger partial charge in [-0.1, -0.05) is 62.5 Å². The van der Waals surface area contributed by atoms with E-state index in [9.17, 15) is 9.59 Å². The second kappa shape index (κ2) is 12.7. The van der Waals surface area contributed by atoms with Gasteiger partial charge >= 0.3 is 0 Å². The molecule has 34 heavy (non-hydrogen) atoms. The number of benzene rings is 1. The van der Waals surface area contributed by atoms with Crippen molar-refractivity contribution in [2.24, 2.45) is 11.8 Å². The summed E-state index contributed by atoms with van der Waals surface area (Å²) in [6, 6.07) is 8.56. The van der Waals surface area contributed by atoms with Crippen LogP contribution in [0.3, 0.4) is 0 Å². The molecule has 0 saturated heterocycles. The molecule has 0 bridgehead atoms. The molecule has 0 aliphatic heterocycles. The number of thiophene rings is 1. The topological polar surface area (TPSA) is 73.3 Å². The smallest absolute Gasteiger partial charge is 0.230 e. The molecule has 1 heterocycles. The van der Waals surface area contributed by atoms with Crippen LogP contribution in [-0.2, 0) is 9.59 Å². The van der Waals surface area contributed by atoms with Crippen LogP contribution in [0.25, 0.3) is 5.70 Å². The molecule has 0 spiro atoms. The Morgan fingerprint density at radius 1 is 1.03 bits per heavy atom. The SMILES string of the molecule is C/C(C(=N)C(=O)CC(=O)N(CC(C)C)CC(C)C)=C(/Nc1ccc(Cl)cc1Cl)c1ccc(Cl)s1. The van der Waals surface area contributed by atoms with Crippen LogP contribution >= 0.6 is 46.1 Å². The highest BCUT2D eigenvalue weighted by Gasteiger charge is 2.24. The molecule has 2 rings (SSSR count). The van der Waals surface area contributed by atoms with Crippen LogP contribution in [0.4, 0.5) is 5.69 Å². The zero-order chi connectivity index (χ0) is 25.6. The Labute approximate surface area is 220 Å². The highest BCUT2D eigenvalue weighted by Crippen LogP contribution is 2.34. The van der Waals surface area contributed by atoms with Crippen molar-refractivity contribution in [3.63, 3.8) is 0 Å². The van der Waals surface area contributed by atoms with Gasteiger partial charge in [0.1, 0.15) is 5.71 Å². The van der Waals surface area contributed by atoms with E-state index in [2.05, 4.69) is 5.32 Å². The van der Waals surface area contributed by atoms with Gasteiger partial charge in [-0.15, -0.1) is 11.3 Å². The number of carbonyl (C=O) groups excluding carboxylic acids is 2. The summed E-state index contributed by atoms with van der Waals surface area (Å²) in [4.78, 5) is 28.3. The number of carbonyl (C=O) groups is 2. The average Bonchev–Trinajstić information content (AvgIpc) is 3.16. The molecule has 1 aromatic heterocycles. The van der Waals surface area contributed by atoms with Gasteiger partial charge in [-0.2, -0.15) is 0 Å². The summed E-state index contributed by atoms with van der Waals surface area (Å²) in [5, 5.41) is 12.7. The molecular weight excluding hydrogens is 513 g/mol. The van der Waals surface area contributed by atoms with Gasteiger partial charge < -0.3 is 10.2 Å². The van der Waals surface area contributed by atoms with E-state index in [4.69, 9.17) is 40.2 Å². The Balaban J connectivity index is 2.33. The summed E-state index contributed by atoms with van der Waals surface area (Å²) < 4.78 is 0.565. The number of rotatable bonds is 11. The number of halogens is 3. The monoisotopic (exact) mass is 541 g/mol. The summed E-state index contributed by atoms with van der Waals surface area (Å²) >= 11 is 19.8. The highest BCUT2D eigenvalue weighted by molar-refractivity contribution is 7.17. The van der Waals surface area contributed by atoms with Crippen molar-refractivity contribution >= 4 is 74.9 Å². The number of nitrogens with one attached hydrogen (secondary N) is 2. The van der Waals surface area contributed by atoms with Crippen molar-refractivity contribution in [1.29, 1.82) is 5.41 Å². The number of hydrogen-bond donors (Lipinski definition) is 2. The zero-order valence-electron chi connectivity index (χ0n) is 20.0. The Bertz CT molecular complexity index is 1080. The first-order valence-electron chi connectivity index (χ1n) is 11.0. The van der Waals surface area contributed by atoms with Gasteiger partial charge in [0, 0.05) is 23.7 Å². The van der Waals surface area contributed by atoms with E-state index < -0.39 is 5.78 Å². The standard InChI is InChI=1S/C25H30Cl3N3O2S/c1-14(2)12-31(13-15(3)4)23(33)11-20(32)24(29)16(5)25(21-8-9-22(28)34-21)30-19-7-6-17(26)10-18(19)27/h6-10,14-15,29-30H,11-13H2,1-5H3/b25-16-,29-24?. The molecule has 0 atom stereocenters. The largest absolute Gasteiger partial charge is 0.353 e. The van der Waals surface area contributed by atoms with Gasteiger partial charge in [-0.05, 0) is 49.1 Å². The van der Waals surface area contributed by atoms with Gasteiger partial charge in [-0.25, -0.2) is 0 Å². The summed E-state index contributed by atoms with van der Waals surface area (Å²) in [6.07, 6.45) is -0.351. The Kier molecular flexibility index (Phi) is 10.6. The summed E-state index contributed by atoms with van der Waals surface area (Å²) in [6.45, 7) is 10.9. The second-order valence-electron chi connectivity index (χ2n) is 8.91. The fraction of sp³-hybridized carbons (Fsp3) is 0.400. The number of amides is 1. The summed E-state index contributed by atoms with van der Waals surface area (Å²) in [5.74, 6) is -0.242. The van der Waals surface area contributed by atoms with E-state index in [0.717, 1.165) is 4.88 Å². The van der Waals surface area contributed by atoms with Crippen LogP contribution in [0.2, 0.25) is 14.4 Å². The maximum absolute atomic E-state index is 13.0. The molecule has 0 fully saturated rings. The Morgan fingerprint density at radius 2 is 1.65 bits per heavy atom. The molecular formula is C25H30Cl3N3O2S. The molecule has 0 aliphatic carbocycles. The number of allylic oxidation sites excluding steroid dienone is 1. The van der Waals surface area contributed by atoms with Gasteiger partial charge in [0.05, 0.1) is 32.0 Å². The van der Waals surface area contributed by atoms with Crippen molar-refractivity contribution in [3.8, 4) is 0 Å². The van der Waals surface area contributed by atoms with Crippen molar-refractivity contribution in [1.82, 2.24) is 4.90 Å². The molecule has 184 valence electrons. The lowest BCUT2D eigenvalue weighted by Gasteiger charge is -2.26. The van der Waals surface area contributed by atoms with E-state index in [0.29, 0.717) is 44.4 Å². The minimum absolute atomic E-state index is 0.237. The molecule has 9 heteroatoms. The molecule has 1 aromatic carbocycles. The van der Waals surface area contributed by atoms with Crippen molar-refractivity contribution in [3.05, 3.63) is 55.2 Å². The normalized spacial score (nSPS) is 12.1. The summed E-state index contributed by atoms with van der Waals surface area (Å²) in [5.41, 5.74) is 1.25. The molecule has 5 nitrogen and oxygen atoms in total. The molecule has 2 aromatic rings. The third-order valence-corrected chi connectivity index (χ3v) is 6.67.